The molecule has 0 aromatic heterocycles. The Labute approximate surface area is 155 Å². The molecular weight excluding hydrogens is 338 g/mol. The summed E-state index contributed by atoms with van der Waals surface area (Å²) in [4.78, 5) is 0. The molecule has 0 aliphatic rings. The van der Waals surface area contributed by atoms with E-state index in [0.717, 1.165) is 11.3 Å². The van der Waals surface area contributed by atoms with Gasteiger partial charge in [-0.3, -0.25) is 0 Å². The van der Waals surface area contributed by atoms with Crippen molar-refractivity contribution >= 4 is 11.6 Å². The van der Waals surface area contributed by atoms with Crippen LogP contribution in [-0.2, 0) is 6.54 Å². The van der Waals surface area contributed by atoms with Crippen LogP contribution < -0.4 is 19.5 Å². The molecule has 0 radical (unpaired) electrons. The van der Waals surface area contributed by atoms with Crippen LogP contribution >= 0.6 is 11.6 Å². The lowest BCUT2D eigenvalue weighted by Crippen LogP contribution is -2.10. The number of hydrogen-bond acceptors (Lipinski definition) is 4. The Morgan fingerprint density at radius 2 is 1.72 bits per heavy atom. The van der Waals surface area contributed by atoms with E-state index < -0.39 is 0 Å². The average Bonchev–Trinajstić information content (AvgIpc) is 2.60. The molecule has 0 aliphatic heterocycles. The Bertz CT molecular complexity index is 671. The number of halogens is 1. The second kappa shape index (κ2) is 9.54. The zero-order valence-corrected chi connectivity index (χ0v) is 16.0. The number of hydrogen-bond donors (Lipinski definition) is 1. The third kappa shape index (κ3) is 5.55. The van der Waals surface area contributed by atoms with Crippen LogP contribution in [0.3, 0.4) is 0 Å². The number of nitrogens with one attached hydrogen (secondary N) is 1. The smallest absolute Gasteiger partial charge is 0.179 e. The van der Waals surface area contributed by atoms with Crippen molar-refractivity contribution in [2.75, 3.05) is 27.4 Å². The molecule has 4 nitrogen and oxygen atoms in total. The van der Waals surface area contributed by atoms with Crippen molar-refractivity contribution in [3.63, 3.8) is 0 Å². The Balaban J connectivity index is 1.90. The van der Waals surface area contributed by atoms with Crippen LogP contribution in [0.2, 0.25) is 5.02 Å². The van der Waals surface area contributed by atoms with Gasteiger partial charge in [0.1, 0.15) is 19.0 Å². The summed E-state index contributed by atoms with van der Waals surface area (Å²) in [6.07, 6.45) is 0. The second-order valence-corrected chi connectivity index (χ2v) is 6.47. The number of ether oxygens (including phenoxy) is 3. The summed E-state index contributed by atoms with van der Waals surface area (Å²) in [5, 5.41) is 3.62. The third-order valence-corrected chi connectivity index (χ3v) is 4.10. The highest BCUT2D eigenvalue weighted by molar-refractivity contribution is 6.32. The Hall–Kier alpha value is -1.91. The molecule has 0 fully saturated rings. The van der Waals surface area contributed by atoms with Crippen molar-refractivity contribution in [3.8, 4) is 17.2 Å². The van der Waals surface area contributed by atoms with Gasteiger partial charge in [0.15, 0.2) is 11.5 Å². The van der Waals surface area contributed by atoms with E-state index in [1.165, 1.54) is 5.56 Å². The highest BCUT2D eigenvalue weighted by Gasteiger charge is 2.12. The predicted molar refractivity (Wildman–Crippen MR) is 102 cm³/mol. The van der Waals surface area contributed by atoms with Crippen LogP contribution in [0.15, 0.2) is 36.4 Å². The quantitative estimate of drug-likeness (QED) is 0.658. The second-order valence-electron chi connectivity index (χ2n) is 6.06. The summed E-state index contributed by atoms with van der Waals surface area (Å²) >= 11 is 6.32. The van der Waals surface area contributed by atoms with Crippen molar-refractivity contribution in [2.45, 2.75) is 26.3 Å². The van der Waals surface area contributed by atoms with Crippen molar-refractivity contribution in [2.24, 2.45) is 0 Å². The van der Waals surface area contributed by atoms with Gasteiger partial charge in [-0.2, -0.15) is 0 Å². The largest absolute Gasteiger partial charge is 0.493 e. The molecular formula is C20H26ClNO3. The molecule has 0 bridgehead atoms. The SMILES string of the molecule is CNCc1cc(Cl)c(OCCOc2ccc(C(C)C)cc2)c(OC)c1. The summed E-state index contributed by atoms with van der Waals surface area (Å²) in [5.74, 6) is 2.51. The molecule has 0 amide bonds. The molecule has 136 valence electrons. The molecule has 2 rings (SSSR count). The zero-order valence-electron chi connectivity index (χ0n) is 15.3. The molecule has 0 heterocycles. The fourth-order valence-corrected chi connectivity index (χ4v) is 2.76. The van der Waals surface area contributed by atoms with Gasteiger partial charge in [-0.05, 0) is 48.4 Å². The van der Waals surface area contributed by atoms with E-state index in [4.69, 9.17) is 25.8 Å². The molecule has 0 saturated heterocycles. The van der Waals surface area contributed by atoms with E-state index in [1.54, 1.807) is 7.11 Å². The van der Waals surface area contributed by atoms with Crippen LogP contribution in [0.5, 0.6) is 17.2 Å². The fourth-order valence-electron chi connectivity index (χ4n) is 2.47. The van der Waals surface area contributed by atoms with Gasteiger partial charge in [0.25, 0.3) is 0 Å². The van der Waals surface area contributed by atoms with Crippen molar-refractivity contribution in [1.29, 1.82) is 0 Å². The fraction of sp³-hybridized carbons (Fsp3) is 0.400. The minimum Gasteiger partial charge on any atom is -0.493 e. The van der Waals surface area contributed by atoms with Crippen LogP contribution in [0.4, 0.5) is 0 Å². The summed E-state index contributed by atoms with van der Waals surface area (Å²) in [6, 6.07) is 11.9. The van der Waals surface area contributed by atoms with Crippen LogP contribution in [-0.4, -0.2) is 27.4 Å². The normalized spacial score (nSPS) is 10.8. The molecule has 0 spiro atoms. The van der Waals surface area contributed by atoms with Gasteiger partial charge in [0, 0.05) is 6.54 Å². The van der Waals surface area contributed by atoms with Gasteiger partial charge in [0.05, 0.1) is 12.1 Å². The molecule has 5 heteroatoms. The number of methoxy groups -OCH3 is 1. The first kappa shape index (κ1) is 19.4. The van der Waals surface area contributed by atoms with Crippen LogP contribution in [0.1, 0.15) is 30.9 Å². The molecule has 2 aromatic carbocycles. The average molecular weight is 364 g/mol. The van der Waals surface area contributed by atoms with Crippen LogP contribution in [0, 0.1) is 0 Å². The first-order chi connectivity index (χ1) is 12.0. The molecule has 0 saturated carbocycles. The van der Waals surface area contributed by atoms with E-state index in [0.29, 0.717) is 42.2 Å². The van der Waals surface area contributed by atoms with Gasteiger partial charge < -0.3 is 19.5 Å². The summed E-state index contributed by atoms with van der Waals surface area (Å²) in [6.45, 7) is 5.86. The zero-order chi connectivity index (χ0) is 18.2. The molecule has 1 N–H and O–H groups in total. The predicted octanol–water partition coefficient (Wildman–Crippen LogP) is 4.65. The first-order valence-corrected chi connectivity index (χ1v) is 8.79. The summed E-state index contributed by atoms with van der Waals surface area (Å²) < 4.78 is 16.9. The maximum atomic E-state index is 6.32. The van der Waals surface area contributed by atoms with E-state index in [2.05, 4.69) is 31.3 Å². The molecule has 25 heavy (non-hydrogen) atoms. The summed E-state index contributed by atoms with van der Waals surface area (Å²) in [7, 11) is 3.49. The van der Waals surface area contributed by atoms with E-state index in [-0.39, 0.29) is 0 Å². The monoisotopic (exact) mass is 363 g/mol. The topological polar surface area (TPSA) is 39.7 Å². The lowest BCUT2D eigenvalue weighted by Gasteiger charge is -2.15. The number of benzene rings is 2. The lowest BCUT2D eigenvalue weighted by molar-refractivity contribution is 0.211. The summed E-state index contributed by atoms with van der Waals surface area (Å²) in [5.41, 5.74) is 2.33. The first-order valence-electron chi connectivity index (χ1n) is 8.41. The molecule has 2 aromatic rings. The van der Waals surface area contributed by atoms with Gasteiger partial charge in [-0.25, -0.2) is 0 Å². The van der Waals surface area contributed by atoms with Gasteiger partial charge >= 0.3 is 0 Å². The minimum atomic E-state index is 0.382. The Morgan fingerprint density at radius 1 is 1.04 bits per heavy atom. The van der Waals surface area contributed by atoms with E-state index in [9.17, 15) is 0 Å². The van der Waals surface area contributed by atoms with Gasteiger partial charge in [-0.1, -0.05) is 37.6 Å². The molecule has 0 unspecified atom stereocenters. The van der Waals surface area contributed by atoms with Crippen molar-refractivity contribution in [1.82, 2.24) is 5.32 Å². The van der Waals surface area contributed by atoms with Crippen molar-refractivity contribution < 1.29 is 14.2 Å². The van der Waals surface area contributed by atoms with Crippen molar-refractivity contribution in [3.05, 3.63) is 52.5 Å². The highest BCUT2D eigenvalue weighted by atomic mass is 35.5. The maximum absolute atomic E-state index is 6.32. The van der Waals surface area contributed by atoms with Crippen LogP contribution in [0.25, 0.3) is 0 Å². The third-order valence-electron chi connectivity index (χ3n) is 3.82. The Morgan fingerprint density at radius 3 is 2.32 bits per heavy atom. The minimum absolute atomic E-state index is 0.382. The van der Waals surface area contributed by atoms with Gasteiger partial charge in [-0.15, -0.1) is 0 Å². The van der Waals surface area contributed by atoms with Gasteiger partial charge in [0.2, 0.25) is 0 Å². The van der Waals surface area contributed by atoms with E-state index >= 15 is 0 Å². The number of rotatable bonds is 9. The standard InChI is InChI=1S/C20H26ClNO3/c1-14(2)16-5-7-17(8-6-16)24-9-10-25-20-18(21)11-15(13-22-3)12-19(20)23-4/h5-8,11-12,14,22H,9-10,13H2,1-4H3. The maximum Gasteiger partial charge on any atom is 0.179 e. The molecule has 0 atom stereocenters. The highest BCUT2D eigenvalue weighted by Crippen LogP contribution is 2.36. The molecule has 0 aliphatic carbocycles. The lowest BCUT2D eigenvalue weighted by atomic mass is 10.0. The van der Waals surface area contributed by atoms with E-state index in [1.807, 2.05) is 31.3 Å². The Kier molecular flexibility index (Phi) is 7.41.